The first kappa shape index (κ1) is 13.3. The zero-order valence-electron chi connectivity index (χ0n) is 10.6. The molecule has 0 atom stereocenters. The molecule has 0 fully saturated rings. The molecular formula is C11H20N4O2. The number of nitrogens with zero attached hydrogens (tertiary/aromatic N) is 2. The minimum Gasteiger partial charge on any atom is -0.469 e. The van der Waals surface area contributed by atoms with Crippen LogP contribution in [-0.2, 0) is 16.1 Å². The maximum atomic E-state index is 11.0. The second-order valence-electron chi connectivity index (χ2n) is 3.82. The van der Waals surface area contributed by atoms with Gasteiger partial charge in [0.2, 0.25) is 0 Å². The number of aromatic nitrogens is 2. The number of aryl methyl sites for hydroxylation is 2. The standard InChI is InChI=1S/C11H20N4O2/c1-4-7-15-11(10(12)8(2)14-15)13-6-5-9(16)17-3/h13H,4-7,12H2,1-3H3. The van der Waals surface area contributed by atoms with E-state index in [4.69, 9.17) is 5.73 Å². The van der Waals surface area contributed by atoms with Crippen LogP contribution < -0.4 is 11.1 Å². The highest BCUT2D eigenvalue weighted by molar-refractivity contribution is 5.70. The van der Waals surface area contributed by atoms with E-state index in [1.165, 1.54) is 7.11 Å². The summed E-state index contributed by atoms with van der Waals surface area (Å²) in [6.45, 7) is 5.24. The molecular weight excluding hydrogens is 220 g/mol. The lowest BCUT2D eigenvalue weighted by atomic mass is 10.3. The van der Waals surface area contributed by atoms with Gasteiger partial charge in [-0.25, -0.2) is 4.68 Å². The van der Waals surface area contributed by atoms with Crippen molar-refractivity contribution in [1.29, 1.82) is 0 Å². The molecule has 0 spiro atoms. The van der Waals surface area contributed by atoms with E-state index in [1.54, 1.807) is 0 Å². The predicted molar refractivity (Wildman–Crippen MR) is 66.8 cm³/mol. The van der Waals surface area contributed by atoms with Crippen LogP contribution >= 0.6 is 0 Å². The van der Waals surface area contributed by atoms with Gasteiger partial charge < -0.3 is 15.8 Å². The summed E-state index contributed by atoms with van der Waals surface area (Å²) in [4.78, 5) is 11.0. The monoisotopic (exact) mass is 240 g/mol. The fourth-order valence-electron chi connectivity index (χ4n) is 1.54. The SMILES string of the molecule is CCCn1nc(C)c(N)c1NCCC(=O)OC. The van der Waals surface area contributed by atoms with Crippen molar-refractivity contribution in [2.24, 2.45) is 0 Å². The fraction of sp³-hybridized carbons (Fsp3) is 0.636. The number of hydrogen-bond donors (Lipinski definition) is 2. The highest BCUT2D eigenvalue weighted by Crippen LogP contribution is 2.22. The van der Waals surface area contributed by atoms with Crippen molar-refractivity contribution in [1.82, 2.24) is 9.78 Å². The van der Waals surface area contributed by atoms with E-state index in [2.05, 4.69) is 22.1 Å². The number of carbonyl (C=O) groups excluding carboxylic acids is 1. The Morgan fingerprint density at radius 3 is 2.88 bits per heavy atom. The molecule has 1 aromatic rings. The average Bonchev–Trinajstić information content (AvgIpc) is 2.57. The Morgan fingerprint density at radius 2 is 2.29 bits per heavy atom. The van der Waals surface area contributed by atoms with Gasteiger partial charge in [-0.3, -0.25) is 4.79 Å². The third-order valence-corrected chi connectivity index (χ3v) is 2.46. The molecule has 0 aliphatic carbocycles. The van der Waals surface area contributed by atoms with Gasteiger partial charge >= 0.3 is 5.97 Å². The molecule has 6 nitrogen and oxygen atoms in total. The molecule has 96 valence electrons. The Morgan fingerprint density at radius 1 is 1.59 bits per heavy atom. The van der Waals surface area contributed by atoms with Crippen molar-refractivity contribution in [3.8, 4) is 0 Å². The minimum atomic E-state index is -0.241. The summed E-state index contributed by atoms with van der Waals surface area (Å²) < 4.78 is 6.40. The summed E-state index contributed by atoms with van der Waals surface area (Å²) in [7, 11) is 1.38. The van der Waals surface area contributed by atoms with E-state index in [0.29, 0.717) is 18.7 Å². The summed E-state index contributed by atoms with van der Waals surface area (Å²) in [5, 5.41) is 7.46. The van der Waals surface area contributed by atoms with Crippen LogP contribution in [0.1, 0.15) is 25.5 Å². The summed E-state index contributed by atoms with van der Waals surface area (Å²) in [5.41, 5.74) is 7.37. The molecule has 0 saturated carbocycles. The van der Waals surface area contributed by atoms with Gasteiger partial charge in [0.1, 0.15) is 5.82 Å². The molecule has 0 radical (unpaired) electrons. The smallest absolute Gasteiger partial charge is 0.307 e. The van der Waals surface area contributed by atoms with Gasteiger partial charge in [0.15, 0.2) is 0 Å². The van der Waals surface area contributed by atoms with E-state index >= 15 is 0 Å². The molecule has 0 unspecified atom stereocenters. The molecule has 0 bridgehead atoms. The molecule has 0 aromatic carbocycles. The second-order valence-corrected chi connectivity index (χ2v) is 3.82. The van der Waals surface area contributed by atoms with E-state index < -0.39 is 0 Å². The van der Waals surface area contributed by atoms with Crippen molar-refractivity contribution in [3.63, 3.8) is 0 Å². The highest BCUT2D eigenvalue weighted by atomic mass is 16.5. The normalized spacial score (nSPS) is 10.3. The van der Waals surface area contributed by atoms with E-state index in [-0.39, 0.29) is 5.97 Å². The van der Waals surface area contributed by atoms with Crippen molar-refractivity contribution < 1.29 is 9.53 Å². The molecule has 1 heterocycles. The molecule has 0 amide bonds. The maximum Gasteiger partial charge on any atom is 0.307 e. The third kappa shape index (κ3) is 3.37. The Bertz CT molecular complexity index is 387. The first-order chi connectivity index (χ1) is 8.10. The fourth-order valence-corrected chi connectivity index (χ4v) is 1.54. The van der Waals surface area contributed by atoms with Gasteiger partial charge in [-0.1, -0.05) is 6.92 Å². The molecule has 1 aromatic heterocycles. The number of ether oxygens (including phenoxy) is 1. The number of nitrogens with one attached hydrogen (secondary N) is 1. The summed E-state index contributed by atoms with van der Waals surface area (Å²) in [5.74, 6) is 0.544. The number of nitrogens with two attached hydrogens (primary N) is 1. The van der Waals surface area contributed by atoms with Crippen LogP contribution in [0, 0.1) is 6.92 Å². The quantitative estimate of drug-likeness (QED) is 0.729. The van der Waals surface area contributed by atoms with Crippen molar-refractivity contribution in [2.45, 2.75) is 33.2 Å². The first-order valence-corrected chi connectivity index (χ1v) is 5.73. The number of esters is 1. The maximum absolute atomic E-state index is 11.0. The lowest BCUT2D eigenvalue weighted by Gasteiger charge is -2.09. The lowest BCUT2D eigenvalue weighted by Crippen LogP contribution is -2.14. The van der Waals surface area contributed by atoms with Crippen LogP contribution in [-0.4, -0.2) is 29.4 Å². The van der Waals surface area contributed by atoms with Crippen LogP contribution in [0.25, 0.3) is 0 Å². The first-order valence-electron chi connectivity index (χ1n) is 5.73. The highest BCUT2D eigenvalue weighted by Gasteiger charge is 2.11. The Labute approximate surface area is 101 Å². The van der Waals surface area contributed by atoms with Crippen molar-refractivity contribution in [3.05, 3.63) is 5.69 Å². The van der Waals surface area contributed by atoms with E-state index in [0.717, 1.165) is 24.5 Å². The minimum absolute atomic E-state index is 0.241. The van der Waals surface area contributed by atoms with Crippen LogP contribution in [0.5, 0.6) is 0 Å². The van der Waals surface area contributed by atoms with Crippen molar-refractivity contribution in [2.75, 3.05) is 24.7 Å². The van der Waals surface area contributed by atoms with E-state index in [1.807, 2.05) is 11.6 Å². The zero-order chi connectivity index (χ0) is 12.8. The van der Waals surface area contributed by atoms with Gasteiger partial charge in [0, 0.05) is 13.1 Å². The Balaban J connectivity index is 2.65. The van der Waals surface area contributed by atoms with Crippen LogP contribution in [0.4, 0.5) is 11.5 Å². The number of rotatable bonds is 6. The number of hydrogen-bond acceptors (Lipinski definition) is 5. The molecule has 17 heavy (non-hydrogen) atoms. The van der Waals surface area contributed by atoms with Gasteiger partial charge in [-0.05, 0) is 13.3 Å². The summed E-state index contributed by atoms with van der Waals surface area (Å²) in [6, 6.07) is 0. The molecule has 0 saturated heterocycles. The van der Waals surface area contributed by atoms with Crippen molar-refractivity contribution >= 4 is 17.5 Å². The summed E-state index contributed by atoms with van der Waals surface area (Å²) in [6.07, 6.45) is 1.29. The average molecular weight is 240 g/mol. The zero-order valence-corrected chi connectivity index (χ0v) is 10.6. The van der Waals surface area contributed by atoms with Gasteiger partial charge in [-0.2, -0.15) is 5.10 Å². The van der Waals surface area contributed by atoms with Crippen LogP contribution in [0.2, 0.25) is 0 Å². The molecule has 0 aliphatic heterocycles. The molecule has 6 heteroatoms. The van der Waals surface area contributed by atoms with E-state index in [9.17, 15) is 4.79 Å². The Hall–Kier alpha value is -1.72. The van der Waals surface area contributed by atoms with Crippen LogP contribution in [0.15, 0.2) is 0 Å². The predicted octanol–water partition coefficient (Wildman–Crippen LogP) is 1.16. The topological polar surface area (TPSA) is 82.2 Å². The third-order valence-electron chi connectivity index (χ3n) is 2.46. The Kier molecular flexibility index (Phi) is 4.81. The number of methoxy groups -OCH3 is 1. The summed E-state index contributed by atoms with van der Waals surface area (Å²) >= 11 is 0. The number of anilines is 2. The number of nitrogen functional groups attached to an aromatic ring is 1. The van der Waals surface area contributed by atoms with Gasteiger partial charge in [0.05, 0.1) is 24.9 Å². The lowest BCUT2D eigenvalue weighted by molar-refractivity contribution is -0.140. The van der Waals surface area contributed by atoms with Gasteiger partial charge in [-0.15, -0.1) is 0 Å². The molecule has 1 rings (SSSR count). The second kappa shape index (κ2) is 6.12. The largest absolute Gasteiger partial charge is 0.469 e. The van der Waals surface area contributed by atoms with Gasteiger partial charge in [0.25, 0.3) is 0 Å². The molecule has 0 aliphatic rings. The molecule has 3 N–H and O–H groups in total. The number of carbonyl (C=O) groups is 1. The van der Waals surface area contributed by atoms with Crippen LogP contribution in [0.3, 0.4) is 0 Å².